The quantitative estimate of drug-likeness (QED) is 0.804. The van der Waals surface area contributed by atoms with Crippen LogP contribution in [0.3, 0.4) is 0 Å². The summed E-state index contributed by atoms with van der Waals surface area (Å²) < 4.78 is 11.3. The zero-order chi connectivity index (χ0) is 18.5. The Kier molecular flexibility index (Phi) is 5.50. The molecule has 0 spiro atoms. The third-order valence-corrected chi connectivity index (χ3v) is 4.21. The van der Waals surface area contributed by atoms with Crippen LogP contribution in [0.5, 0.6) is 11.8 Å². The van der Waals surface area contributed by atoms with Crippen molar-refractivity contribution in [3.63, 3.8) is 0 Å². The first kappa shape index (κ1) is 17.9. The number of methoxy groups -OCH3 is 1. The van der Waals surface area contributed by atoms with Gasteiger partial charge in [0.05, 0.1) is 13.7 Å². The average molecular weight is 357 g/mol. The van der Waals surface area contributed by atoms with Gasteiger partial charge >= 0.3 is 0 Å². The van der Waals surface area contributed by atoms with Crippen molar-refractivity contribution in [2.75, 3.05) is 39.2 Å². The lowest BCUT2D eigenvalue weighted by atomic mass is 10.1. The SMILES string of the molecule is COc1ncccc1C(=O)N1CCC[C@H](Oc2nccnc2N(C)C)C1. The van der Waals surface area contributed by atoms with Crippen molar-refractivity contribution >= 4 is 11.7 Å². The Morgan fingerprint density at radius 2 is 1.96 bits per heavy atom. The molecule has 1 atom stereocenters. The molecule has 1 aliphatic rings. The number of amides is 1. The molecule has 0 aromatic carbocycles. The Morgan fingerprint density at radius 3 is 2.73 bits per heavy atom. The minimum atomic E-state index is -0.134. The van der Waals surface area contributed by atoms with E-state index < -0.39 is 0 Å². The second-order valence-electron chi connectivity index (χ2n) is 6.27. The number of aromatic nitrogens is 3. The van der Waals surface area contributed by atoms with E-state index in [9.17, 15) is 4.79 Å². The molecule has 0 unspecified atom stereocenters. The number of ether oxygens (including phenoxy) is 2. The fourth-order valence-corrected chi connectivity index (χ4v) is 2.97. The lowest BCUT2D eigenvalue weighted by Gasteiger charge is -2.33. The highest BCUT2D eigenvalue weighted by Gasteiger charge is 2.28. The molecule has 8 nitrogen and oxygen atoms in total. The van der Waals surface area contributed by atoms with Crippen molar-refractivity contribution in [2.24, 2.45) is 0 Å². The monoisotopic (exact) mass is 357 g/mol. The Labute approximate surface area is 152 Å². The summed E-state index contributed by atoms with van der Waals surface area (Å²) in [4.78, 5) is 29.2. The predicted octanol–water partition coefficient (Wildman–Crippen LogP) is 1.63. The Balaban J connectivity index is 1.73. The van der Waals surface area contributed by atoms with Gasteiger partial charge in [-0.1, -0.05) is 0 Å². The van der Waals surface area contributed by atoms with Crippen LogP contribution in [0.25, 0.3) is 0 Å². The number of hydrogen-bond donors (Lipinski definition) is 0. The number of nitrogens with zero attached hydrogens (tertiary/aromatic N) is 5. The molecule has 26 heavy (non-hydrogen) atoms. The lowest BCUT2D eigenvalue weighted by molar-refractivity contribution is 0.0524. The maximum Gasteiger partial charge on any atom is 0.259 e. The topological polar surface area (TPSA) is 80.7 Å². The largest absolute Gasteiger partial charge is 0.480 e. The van der Waals surface area contributed by atoms with E-state index in [1.54, 1.807) is 35.6 Å². The van der Waals surface area contributed by atoms with E-state index in [1.165, 1.54) is 7.11 Å². The highest BCUT2D eigenvalue weighted by molar-refractivity contribution is 5.96. The van der Waals surface area contributed by atoms with Gasteiger partial charge in [0.1, 0.15) is 11.7 Å². The molecule has 1 fully saturated rings. The third-order valence-electron chi connectivity index (χ3n) is 4.21. The van der Waals surface area contributed by atoms with Crippen LogP contribution >= 0.6 is 0 Å². The highest BCUT2D eigenvalue weighted by atomic mass is 16.5. The fraction of sp³-hybridized carbons (Fsp3) is 0.444. The first-order valence-corrected chi connectivity index (χ1v) is 8.53. The zero-order valence-corrected chi connectivity index (χ0v) is 15.3. The Bertz CT molecular complexity index is 768. The maximum atomic E-state index is 12.9. The molecule has 138 valence electrons. The Hall–Kier alpha value is -2.90. The summed E-state index contributed by atoms with van der Waals surface area (Å²) in [6, 6.07) is 3.46. The van der Waals surface area contributed by atoms with Gasteiger partial charge in [0, 0.05) is 39.2 Å². The summed E-state index contributed by atoms with van der Waals surface area (Å²) in [5.41, 5.74) is 0.462. The zero-order valence-electron chi connectivity index (χ0n) is 15.3. The predicted molar refractivity (Wildman–Crippen MR) is 96.7 cm³/mol. The summed E-state index contributed by atoms with van der Waals surface area (Å²) in [5.74, 6) is 1.39. The van der Waals surface area contributed by atoms with Crippen LogP contribution in [0.1, 0.15) is 23.2 Å². The molecule has 0 radical (unpaired) electrons. The molecular weight excluding hydrogens is 334 g/mol. The number of piperidine rings is 1. The molecule has 1 amide bonds. The van der Waals surface area contributed by atoms with Gasteiger partial charge in [-0.3, -0.25) is 4.79 Å². The van der Waals surface area contributed by atoms with Crippen LogP contribution < -0.4 is 14.4 Å². The van der Waals surface area contributed by atoms with Crippen molar-refractivity contribution in [1.82, 2.24) is 19.9 Å². The molecule has 1 aliphatic heterocycles. The van der Waals surface area contributed by atoms with Crippen molar-refractivity contribution in [1.29, 1.82) is 0 Å². The number of rotatable bonds is 5. The third kappa shape index (κ3) is 3.84. The number of likely N-dealkylation sites (tertiary alicyclic amines) is 1. The summed E-state index contributed by atoms with van der Waals surface area (Å²) in [7, 11) is 5.29. The van der Waals surface area contributed by atoms with E-state index in [4.69, 9.17) is 9.47 Å². The van der Waals surface area contributed by atoms with Gasteiger partial charge in [-0.15, -0.1) is 0 Å². The molecule has 0 aliphatic carbocycles. The number of hydrogen-bond acceptors (Lipinski definition) is 7. The van der Waals surface area contributed by atoms with E-state index in [1.807, 2.05) is 19.0 Å². The van der Waals surface area contributed by atoms with E-state index >= 15 is 0 Å². The summed E-state index contributed by atoms with van der Waals surface area (Å²) in [6.07, 6.45) is 6.43. The first-order chi connectivity index (χ1) is 12.6. The molecule has 3 rings (SSSR count). The van der Waals surface area contributed by atoms with Gasteiger partial charge in [-0.25, -0.2) is 15.0 Å². The molecule has 2 aromatic heterocycles. The van der Waals surface area contributed by atoms with Crippen molar-refractivity contribution < 1.29 is 14.3 Å². The lowest BCUT2D eigenvalue weighted by Crippen LogP contribution is -2.44. The van der Waals surface area contributed by atoms with Crippen LogP contribution in [-0.2, 0) is 0 Å². The number of anilines is 1. The molecule has 3 heterocycles. The second kappa shape index (κ2) is 7.99. The van der Waals surface area contributed by atoms with Gasteiger partial charge < -0.3 is 19.3 Å². The van der Waals surface area contributed by atoms with Crippen LogP contribution in [0.2, 0.25) is 0 Å². The first-order valence-electron chi connectivity index (χ1n) is 8.53. The molecule has 2 aromatic rings. The summed E-state index contributed by atoms with van der Waals surface area (Å²) >= 11 is 0. The second-order valence-corrected chi connectivity index (χ2v) is 6.27. The van der Waals surface area contributed by atoms with E-state index in [0.717, 1.165) is 12.8 Å². The van der Waals surface area contributed by atoms with Crippen LogP contribution in [0.4, 0.5) is 5.82 Å². The minimum Gasteiger partial charge on any atom is -0.480 e. The van der Waals surface area contributed by atoms with E-state index in [2.05, 4.69) is 15.0 Å². The molecule has 0 bridgehead atoms. The standard InChI is InChI=1S/C18H23N5O3/c1-22(2)15-17(21-10-9-19-15)26-13-6-5-11-23(12-13)18(24)14-7-4-8-20-16(14)25-3/h4,7-10,13H,5-6,11-12H2,1-3H3/t13-/m0/s1. The maximum absolute atomic E-state index is 12.9. The molecule has 8 heteroatoms. The van der Waals surface area contributed by atoms with Gasteiger partial charge in [0.15, 0.2) is 5.82 Å². The van der Waals surface area contributed by atoms with Crippen molar-refractivity contribution in [3.8, 4) is 11.8 Å². The van der Waals surface area contributed by atoms with Crippen molar-refractivity contribution in [2.45, 2.75) is 18.9 Å². The molecule has 0 saturated carbocycles. The Morgan fingerprint density at radius 1 is 1.19 bits per heavy atom. The fourth-order valence-electron chi connectivity index (χ4n) is 2.97. The van der Waals surface area contributed by atoms with Gasteiger partial charge in [0.2, 0.25) is 5.88 Å². The summed E-state index contributed by atoms with van der Waals surface area (Å²) in [6.45, 7) is 1.16. The van der Waals surface area contributed by atoms with E-state index in [0.29, 0.717) is 36.2 Å². The van der Waals surface area contributed by atoms with Crippen LogP contribution in [-0.4, -0.2) is 66.2 Å². The summed E-state index contributed by atoms with van der Waals surface area (Å²) in [5, 5.41) is 0. The van der Waals surface area contributed by atoms with Gasteiger partial charge in [-0.2, -0.15) is 0 Å². The van der Waals surface area contributed by atoms with Crippen LogP contribution in [0.15, 0.2) is 30.7 Å². The smallest absolute Gasteiger partial charge is 0.259 e. The molecule has 0 N–H and O–H groups in total. The number of carbonyl (C=O) groups excluding carboxylic acids is 1. The minimum absolute atomic E-state index is 0.102. The van der Waals surface area contributed by atoms with Crippen LogP contribution in [0, 0.1) is 0 Å². The molecule has 1 saturated heterocycles. The number of pyridine rings is 1. The van der Waals surface area contributed by atoms with E-state index in [-0.39, 0.29) is 12.0 Å². The average Bonchev–Trinajstić information content (AvgIpc) is 2.68. The number of carbonyl (C=O) groups is 1. The normalized spacial score (nSPS) is 16.9. The van der Waals surface area contributed by atoms with Crippen molar-refractivity contribution in [3.05, 3.63) is 36.3 Å². The highest BCUT2D eigenvalue weighted by Crippen LogP contribution is 2.25. The molecular formula is C18H23N5O3. The van der Waals surface area contributed by atoms with Gasteiger partial charge in [-0.05, 0) is 25.0 Å². The van der Waals surface area contributed by atoms with Gasteiger partial charge in [0.25, 0.3) is 11.8 Å².